The summed E-state index contributed by atoms with van der Waals surface area (Å²) in [6.45, 7) is 5.60. The molecule has 0 saturated carbocycles. The molecule has 0 aromatic carbocycles. The number of carboxylic acids is 1. The molecule has 0 fully saturated rings. The van der Waals surface area contributed by atoms with Gasteiger partial charge < -0.3 is 10.2 Å². The predicted molar refractivity (Wildman–Crippen MR) is 68.2 cm³/mol. The van der Waals surface area contributed by atoms with E-state index in [1.54, 1.807) is 0 Å². The smallest absolute Gasteiger partial charge is 0.339 e. The van der Waals surface area contributed by atoms with E-state index in [2.05, 4.69) is 13.8 Å². The van der Waals surface area contributed by atoms with E-state index >= 15 is 0 Å². The van der Waals surface area contributed by atoms with Crippen LogP contribution in [0.2, 0.25) is 0 Å². The standard InChI is InChI=1S/C14H20O4/c1-9(2)4-6-14(10(3)15)7-5-12(16)11(8-14)13(17)18/h5,8-9,16H,4,6-7H2,1-3H3,(H,17,18). The number of hydrogen-bond donors (Lipinski definition) is 2. The summed E-state index contributed by atoms with van der Waals surface area (Å²) in [5.41, 5.74) is -0.940. The zero-order valence-corrected chi connectivity index (χ0v) is 11.1. The summed E-state index contributed by atoms with van der Waals surface area (Å²) in [4.78, 5) is 22.9. The Morgan fingerprint density at radius 2 is 2.06 bits per heavy atom. The molecule has 0 aromatic rings. The Labute approximate surface area is 107 Å². The summed E-state index contributed by atoms with van der Waals surface area (Å²) < 4.78 is 0. The predicted octanol–water partition coefficient (Wildman–Crippen LogP) is 2.85. The lowest BCUT2D eigenvalue weighted by molar-refractivity contribution is -0.132. The van der Waals surface area contributed by atoms with Crippen molar-refractivity contribution in [3.8, 4) is 0 Å². The zero-order chi connectivity index (χ0) is 13.9. The Balaban J connectivity index is 3.07. The van der Waals surface area contributed by atoms with Crippen molar-refractivity contribution in [2.45, 2.75) is 40.0 Å². The monoisotopic (exact) mass is 252 g/mol. The molecule has 0 heterocycles. The maximum Gasteiger partial charge on any atom is 0.339 e. The van der Waals surface area contributed by atoms with E-state index in [0.29, 0.717) is 18.8 Å². The lowest BCUT2D eigenvalue weighted by Crippen LogP contribution is -2.31. The molecule has 0 radical (unpaired) electrons. The first-order valence-corrected chi connectivity index (χ1v) is 6.15. The minimum atomic E-state index is -1.20. The number of aliphatic hydroxyl groups is 1. The Bertz CT molecular complexity index is 418. The number of ketones is 1. The number of rotatable bonds is 5. The Hall–Kier alpha value is -1.58. The molecule has 1 atom stereocenters. The van der Waals surface area contributed by atoms with Crippen LogP contribution in [0.3, 0.4) is 0 Å². The Morgan fingerprint density at radius 3 is 2.50 bits per heavy atom. The van der Waals surface area contributed by atoms with E-state index < -0.39 is 11.4 Å². The van der Waals surface area contributed by atoms with E-state index in [1.165, 1.54) is 19.1 Å². The maximum atomic E-state index is 11.9. The molecule has 1 unspecified atom stereocenters. The van der Waals surface area contributed by atoms with Crippen molar-refractivity contribution in [3.63, 3.8) is 0 Å². The van der Waals surface area contributed by atoms with Gasteiger partial charge in [0.05, 0.1) is 11.0 Å². The van der Waals surface area contributed by atoms with Crippen LogP contribution in [0.1, 0.15) is 40.0 Å². The number of carbonyl (C=O) groups excluding carboxylic acids is 1. The van der Waals surface area contributed by atoms with Gasteiger partial charge in [-0.05, 0) is 38.2 Å². The van der Waals surface area contributed by atoms with Gasteiger partial charge >= 0.3 is 5.97 Å². The van der Waals surface area contributed by atoms with Crippen molar-refractivity contribution in [3.05, 3.63) is 23.5 Å². The second-order valence-electron chi connectivity index (χ2n) is 5.30. The number of carboxylic acid groups (broad SMARTS) is 1. The third-order valence-corrected chi connectivity index (χ3v) is 3.46. The molecule has 0 amide bonds. The minimum absolute atomic E-state index is 0.0503. The fourth-order valence-corrected chi connectivity index (χ4v) is 2.11. The first-order valence-electron chi connectivity index (χ1n) is 6.15. The molecule has 4 heteroatoms. The van der Waals surface area contributed by atoms with Crippen LogP contribution < -0.4 is 0 Å². The van der Waals surface area contributed by atoms with E-state index in [9.17, 15) is 14.7 Å². The Kier molecular flexibility index (Phi) is 4.33. The first-order chi connectivity index (χ1) is 8.28. The number of carbonyl (C=O) groups is 2. The topological polar surface area (TPSA) is 74.6 Å². The summed E-state index contributed by atoms with van der Waals surface area (Å²) in [6, 6.07) is 0. The van der Waals surface area contributed by atoms with Crippen LogP contribution >= 0.6 is 0 Å². The molecule has 18 heavy (non-hydrogen) atoms. The molecular weight excluding hydrogens is 232 g/mol. The quantitative estimate of drug-likeness (QED) is 0.789. The van der Waals surface area contributed by atoms with Gasteiger partial charge in [-0.1, -0.05) is 19.9 Å². The van der Waals surface area contributed by atoms with Crippen molar-refractivity contribution < 1.29 is 19.8 Å². The van der Waals surface area contributed by atoms with Crippen LogP contribution in [0.25, 0.3) is 0 Å². The molecule has 0 spiro atoms. The van der Waals surface area contributed by atoms with Gasteiger partial charge in [-0.15, -0.1) is 0 Å². The van der Waals surface area contributed by atoms with Crippen LogP contribution in [-0.4, -0.2) is 22.0 Å². The summed E-state index contributed by atoms with van der Waals surface area (Å²) in [6.07, 6.45) is 4.69. The Morgan fingerprint density at radius 1 is 1.44 bits per heavy atom. The third-order valence-electron chi connectivity index (χ3n) is 3.46. The van der Waals surface area contributed by atoms with Crippen LogP contribution in [-0.2, 0) is 9.59 Å². The van der Waals surface area contributed by atoms with Gasteiger partial charge in [0, 0.05) is 0 Å². The van der Waals surface area contributed by atoms with E-state index in [4.69, 9.17) is 5.11 Å². The maximum absolute atomic E-state index is 11.9. The van der Waals surface area contributed by atoms with Gasteiger partial charge in [-0.25, -0.2) is 4.79 Å². The fraction of sp³-hybridized carbons (Fsp3) is 0.571. The number of Topliss-reactive ketones (excluding diaryl/α,β-unsaturated/α-hetero) is 1. The summed E-state index contributed by atoms with van der Waals surface area (Å²) in [7, 11) is 0. The van der Waals surface area contributed by atoms with Crippen molar-refractivity contribution in [2.75, 3.05) is 0 Å². The van der Waals surface area contributed by atoms with Crippen LogP contribution in [0, 0.1) is 11.3 Å². The van der Waals surface area contributed by atoms with Gasteiger partial charge in [-0.2, -0.15) is 0 Å². The highest BCUT2D eigenvalue weighted by atomic mass is 16.4. The number of allylic oxidation sites excluding steroid dienone is 2. The first kappa shape index (κ1) is 14.5. The third kappa shape index (κ3) is 3.00. The number of aliphatic hydroxyl groups excluding tert-OH is 1. The van der Waals surface area contributed by atoms with Gasteiger partial charge in [0.25, 0.3) is 0 Å². The highest BCUT2D eigenvalue weighted by Gasteiger charge is 2.37. The minimum Gasteiger partial charge on any atom is -0.507 e. The molecule has 1 aliphatic rings. The lowest BCUT2D eigenvalue weighted by Gasteiger charge is -2.31. The van der Waals surface area contributed by atoms with Gasteiger partial charge in [0.1, 0.15) is 11.5 Å². The largest absolute Gasteiger partial charge is 0.507 e. The second kappa shape index (κ2) is 5.38. The van der Waals surface area contributed by atoms with E-state index in [1.807, 2.05) is 0 Å². The summed E-state index contributed by atoms with van der Waals surface area (Å²) in [5, 5.41) is 18.6. The average molecular weight is 252 g/mol. The summed E-state index contributed by atoms with van der Waals surface area (Å²) in [5.74, 6) is -1.05. The molecule has 1 aliphatic carbocycles. The lowest BCUT2D eigenvalue weighted by atomic mass is 9.72. The molecular formula is C14H20O4. The van der Waals surface area contributed by atoms with E-state index in [0.717, 1.165) is 6.42 Å². The average Bonchev–Trinajstić information content (AvgIpc) is 2.27. The molecule has 0 aromatic heterocycles. The van der Waals surface area contributed by atoms with Crippen molar-refractivity contribution in [2.24, 2.45) is 11.3 Å². The SMILES string of the molecule is CC(=O)C1(CCC(C)C)C=C(C(=O)O)C(O)=CC1. The molecule has 1 rings (SSSR count). The zero-order valence-electron chi connectivity index (χ0n) is 11.1. The number of hydrogen-bond acceptors (Lipinski definition) is 3. The fourth-order valence-electron chi connectivity index (χ4n) is 2.11. The van der Waals surface area contributed by atoms with Gasteiger partial charge in [-0.3, -0.25) is 4.79 Å². The van der Waals surface area contributed by atoms with Crippen LogP contribution in [0.4, 0.5) is 0 Å². The molecule has 4 nitrogen and oxygen atoms in total. The molecule has 2 N–H and O–H groups in total. The van der Waals surface area contributed by atoms with Crippen LogP contribution in [0.5, 0.6) is 0 Å². The van der Waals surface area contributed by atoms with Crippen molar-refractivity contribution in [1.82, 2.24) is 0 Å². The highest BCUT2D eigenvalue weighted by molar-refractivity contribution is 5.94. The molecule has 100 valence electrons. The van der Waals surface area contributed by atoms with Crippen molar-refractivity contribution >= 4 is 11.8 Å². The highest BCUT2D eigenvalue weighted by Crippen LogP contribution is 2.38. The normalized spacial score (nSPS) is 23.6. The number of aliphatic carboxylic acids is 1. The summed E-state index contributed by atoms with van der Waals surface area (Å²) >= 11 is 0. The molecule has 0 bridgehead atoms. The van der Waals surface area contributed by atoms with Gasteiger partial charge in [0.15, 0.2) is 0 Å². The van der Waals surface area contributed by atoms with E-state index in [-0.39, 0.29) is 17.1 Å². The van der Waals surface area contributed by atoms with Gasteiger partial charge in [0.2, 0.25) is 0 Å². The molecule has 0 aliphatic heterocycles. The van der Waals surface area contributed by atoms with Crippen LogP contribution in [0.15, 0.2) is 23.5 Å². The second-order valence-corrected chi connectivity index (χ2v) is 5.30. The molecule has 0 saturated heterocycles. The van der Waals surface area contributed by atoms with Crippen molar-refractivity contribution in [1.29, 1.82) is 0 Å².